The lowest BCUT2D eigenvalue weighted by Gasteiger charge is -2.03. The van der Waals surface area contributed by atoms with Crippen molar-refractivity contribution in [3.05, 3.63) is 63.8 Å². The third-order valence-corrected chi connectivity index (χ3v) is 5.31. The number of nitrogens with one attached hydrogen (secondary N) is 2. The molecule has 1 saturated carbocycles. The summed E-state index contributed by atoms with van der Waals surface area (Å²) < 4.78 is 0. The lowest BCUT2D eigenvalue weighted by molar-refractivity contribution is 0.632. The van der Waals surface area contributed by atoms with Gasteiger partial charge < -0.3 is 10.3 Å². The van der Waals surface area contributed by atoms with Gasteiger partial charge in [-0.25, -0.2) is 4.85 Å². The van der Waals surface area contributed by atoms with Gasteiger partial charge in [0, 0.05) is 23.1 Å². The normalized spacial score (nSPS) is 20.1. The molecule has 3 aromatic rings. The van der Waals surface area contributed by atoms with Crippen LogP contribution in [0.15, 0.2) is 41.9 Å². The topological polar surface area (TPSA) is 32.2 Å². The summed E-state index contributed by atoms with van der Waals surface area (Å²) in [5, 5.41) is 6.91. The van der Waals surface area contributed by atoms with E-state index in [0.29, 0.717) is 5.92 Å². The van der Waals surface area contributed by atoms with Crippen LogP contribution in [0.1, 0.15) is 22.8 Å². The van der Waals surface area contributed by atoms with Crippen molar-refractivity contribution in [1.29, 1.82) is 0 Å². The number of fused-ring (bicyclic) bond motifs is 1. The number of hydrogen-bond acceptors (Lipinski definition) is 2. The molecule has 0 radical (unpaired) electrons. The Balaban J connectivity index is 1.42. The summed E-state index contributed by atoms with van der Waals surface area (Å²) in [5.74, 6) is 1.35. The standard InChI is InChI=1S/C18H17N3S/c1-19-13-4-5-18-16(8-13)17(11-21-18)15-7-12(15)9-20-10-14-3-2-6-22-14/h2-6,8,11-12,15,20-21H,7,9-10H2. The number of rotatable bonds is 5. The van der Waals surface area contributed by atoms with Crippen LogP contribution in [0.4, 0.5) is 5.69 Å². The first-order valence-corrected chi connectivity index (χ1v) is 8.44. The maximum absolute atomic E-state index is 7.17. The molecule has 4 rings (SSSR count). The molecule has 2 unspecified atom stereocenters. The molecule has 2 aromatic heterocycles. The average Bonchev–Trinajstić information content (AvgIpc) is 2.97. The summed E-state index contributed by atoms with van der Waals surface area (Å²) in [6.07, 6.45) is 3.37. The van der Waals surface area contributed by atoms with Gasteiger partial charge in [0.25, 0.3) is 0 Å². The van der Waals surface area contributed by atoms with E-state index in [1.54, 1.807) is 11.3 Å². The minimum atomic E-state index is 0.630. The van der Waals surface area contributed by atoms with Crippen molar-refractivity contribution in [3.63, 3.8) is 0 Å². The second-order valence-electron chi connectivity index (χ2n) is 5.90. The molecule has 22 heavy (non-hydrogen) atoms. The van der Waals surface area contributed by atoms with Crippen molar-refractivity contribution in [3.8, 4) is 0 Å². The Morgan fingerprint density at radius 3 is 3.14 bits per heavy atom. The van der Waals surface area contributed by atoms with Crippen molar-refractivity contribution in [2.75, 3.05) is 6.54 Å². The SMILES string of the molecule is [C-]#[N+]c1ccc2[nH]cc(C3CC3CNCc3cccs3)c2c1. The number of hydrogen-bond donors (Lipinski definition) is 2. The van der Waals surface area contributed by atoms with Crippen molar-refractivity contribution < 1.29 is 0 Å². The van der Waals surface area contributed by atoms with Gasteiger partial charge in [-0.2, -0.15) is 0 Å². The van der Waals surface area contributed by atoms with Crippen molar-refractivity contribution >= 4 is 27.9 Å². The summed E-state index contributed by atoms with van der Waals surface area (Å²) in [5.41, 5.74) is 3.24. The zero-order chi connectivity index (χ0) is 14.9. The lowest BCUT2D eigenvalue weighted by atomic mass is 10.1. The summed E-state index contributed by atoms with van der Waals surface area (Å²) in [4.78, 5) is 8.28. The van der Waals surface area contributed by atoms with Gasteiger partial charge in [0.2, 0.25) is 0 Å². The van der Waals surface area contributed by atoms with Gasteiger partial charge >= 0.3 is 0 Å². The Kier molecular flexibility index (Phi) is 3.45. The summed E-state index contributed by atoms with van der Waals surface area (Å²) in [6, 6.07) is 10.2. The fraction of sp³-hybridized carbons (Fsp3) is 0.278. The molecule has 2 atom stereocenters. The van der Waals surface area contributed by atoms with Crippen LogP contribution in [-0.2, 0) is 6.54 Å². The minimum absolute atomic E-state index is 0.630. The number of thiophene rings is 1. The highest BCUT2D eigenvalue weighted by atomic mass is 32.1. The Labute approximate surface area is 133 Å². The van der Waals surface area contributed by atoms with Crippen LogP contribution in [0.25, 0.3) is 15.7 Å². The Bertz CT molecular complexity index is 826. The molecular formula is C18H17N3S. The molecule has 0 aliphatic heterocycles. The third-order valence-electron chi connectivity index (χ3n) is 4.43. The van der Waals surface area contributed by atoms with E-state index in [4.69, 9.17) is 6.57 Å². The Morgan fingerprint density at radius 1 is 1.36 bits per heavy atom. The summed E-state index contributed by atoms with van der Waals surface area (Å²) in [6.45, 7) is 9.21. The van der Waals surface area contributed by atoms with Crippen LogP contribution < -0.4 is 5.32 Å². The maximum atomic E-state index is 7.17. The van der Waals surface area contributed by atoms with Crippen LogP contribution >= 0.6 is 11.3 Å². The summed E-state index contributed by atoms with van der Waals surface area (Å²) >= 11 is 1.80. The molecule has 1 aliphatic carbocycles. The molecule has 0 spiro atoms. The van der Waals surface area contributed by atoms with Gasteiger partial charge in [0.1, 0.15) is 0 Å². The van der Waals surface area contributed by atoms with E-state index < -0.39 is 0 Å². The van der Waals surface area contributed by atoms with Gasteiger partial charge in [-0.1, -0.05) is 12.1 Å². The molecule has 4 heteroatoms. The zero-order valence-corrected chi connectivity index (χ0v) is 13.0. The monoisotopic (exact) mass is 307 g/mol. The van der Waals surface area contributed by atoms with E-state index >= 15 is 0 Å². The second-order valence-corrected chi connectivity index (χ2v) is 6.93. The minimum Gasteiger partial charge on any atom is -0.361 e. The fourth-order valence-electron chi connectivity index (χ4n) is 3.15. The largest absolute Gasteiger partial charge is 0.361 e. The predicted octanol–water partition coefficient (Wildman–Crippen LogP) is 4.67. The van der Waals surface area contributed by atoms with E-state index in [9.17, 15) is 0 Å². The Morgan fingerprint density at radius 2 is 2.32 bits per heavy atom. The zero-order valence-electron chi connectivity index (χ0n) is 12.2. The van der Waals surface area contributed by atoms with Gasteiger partial charge in [0.15, 0.2) is 5.69 Å². The van der Waals surface area contributed by atoms with Crippen LogP contribution in [0, 0.1) is 12.5 Å². The molecule has 0 amide bonds. The molecule has 0 bridgehead atoms. The van der Waals surface area contributed by atoms with Gasteiger partial charge in [-0.05, 0) is 59.3 Å². The van der Waals surface area contributed by atoms with Crippen LogP contribution in [0.5, 0.6) is 0 Å². The van der Waals surface area contributed by atoms with E-state index in [2.05, 4.69) is 38.9 Å². The van der Waals surface area contributed by atoms with Crippen molar-refractivity contribution in [2.24, 2.45) is 5.92 Å². The molecule has 1 aliphatic rings. The summed E-state index contributed by atoms with van der Waals surface area (Å²) in [7, 11) is 0. The fourth-order valence-corrected chi connectivity index (χ4v) is 3.83. The van der Waals surface area contributed by atoms with Gasteiger partial charge in [0.05, 0.1) is 6.57 Å². The first-order valence-electron chi connectivity index (χ1n) is 7.57. The first kappa shape index (κ1) is 13.6. The molecule has 1 fully saturated rings. The van der Waals surface area contributed by atoms with Gasteiger partial charge in [-0.3, -0.25) is 0 Å². The van der Waals surface area contributed by atoms with Crippen LogP contribution in [0.2, 0.25) is 0 Å². The lowest BCUT2D eigenvalue weighted by Crippen LogP contribution is -2.16. The predicted molar refractivity (Wildman–Crippen MR) is 91.4 cm³/mol. The first-order chi connectivity index (χ1) is 10.8. The highest BCUT2D eigenvalue weighted by Crippen LogP contribution is 2.49. The molecule has 2 N–H and O–H groups in total. The number of aromatic amines is 1. The van der Waals surface area contributed by atoms with E-state index in [1.807, 2.05) is 18.2 Å². The van der Waals surface area contributed by atoms with E-state index in [-0.39, 0.29) is 0 Å². The smallest absolute Gasteiger partial charge is 0.187 e. The van der Waals surface area contributed by atoms with Gasteiger partial charge in [-0.15, -0.1) is 11.3 Å². The van der Waals surface area contributed by atoms with Crippen LogP contribution in [-0.4, -0.2) is 11.5 Å². The second kappa shape index (κ2) is 5.60. The molecular weight excluding hydrogens is 290 g/mol. The van der Waals surface area contributed by atoms with Crippen molar-refractivity contribution in [1.82, 2.24) is 10.3 Å². The number of nitrogens with zero attached hydrogens (tertiary/aromatic N) is 1. The van der Waals surface area contributed by atoms with E-state index in [1.165, 1.54) is 22.2 Å². The van der Waals surface area contributed by atoms with Crippen LogP contribution in [0.3, 0.4) is 0 Å². The number of H-pyrrole nitrogens is 1. The molecule has 2 heterocycles. The average molecular weight is 307 g/mol. The highest BCUT2D eigenvalue weighted by Gasteiger charge is 2.39. The Hall–Kier alpha value is -2.09. The van der Waals surface area contributed by atoms with E-state index in [0.717, 1.165) is 30.2 Å². The number of benzene rings is 1. The molecule has 110 valence electrons. The third kappa shape index (κ3) is 2.54. The quantitative estimate of drug-likeness (QED) is 0.659. The van der Waals surface area contributed by atoms with Crippen molar-refractivity contribution in [2.45, 2.75) is 18.9 Å². The highest BCUT2D eigenvalue weighted by molar-refractivity contribution is 7.09. The number of aromatic nitrogens is 1. The molecule has 3 nitrogen and oxygen atoms in total. The molecule has 0 saturated heterocycles. The molecule has 1 aromatic carbocycles. The maximum Gasteiger partial charge on any atom is 0.187 e.